The zero-order valence-corrected chi connectivity index (χ0v) is 14.4. The number of hydrogen-bond acceptors (Lipinski definition) is 6. The number of halogens is 2. The van der Waals surface area contributed by atoms with E-state index in [1.165, 1.54) is 25.0 Å². The monoisotopic (exact) mass is 356 g/mol. The Morgan fingerprint density at radius 1 is 1.38 bits per heavy atom. The summed E-state index contributed by atoms with van der Waals surface area (Å²) in [4.78, 5) is 6.66. The minimum Gasteiger partial charge on any atom is -0.485 e. The molecule has 0 bridgehead atoms. The fourth-order valence-corrected chi connectivity index (χ4v) is 2.72. The normalized spacial score (nSPS) is 18.2. The molecule has 1 atom stereocenters. The third-order valence-corrected chi connectivity index (χ3v) is 3.96. The minimum absolute atomic E-state index is 0. The van der Waals surface area contributed by atoms with E-state index in [1.807, 2.05) is 7.05 Å². The molecule has 1 aliphatic rings. The molecular weight excluding hydrogens is 335 g/mol. The molecular formula is C16H22ClFN4O2. The molecule has 0 radical (unpaired) electrons. The molecule has 0 saturated carbocycles. The maximum atomic E-state index is 12.8. The van der Waals surface area contributed by atoms with Crippen LogP contribution in [0.2, 0.25) is 0 Å². The Morgan fingerprint density at radius 3 is 2.92 bits per heavy atom. The summed E-state index contributed by atoms with van der Waals surface area (Å²) in [6.45, 7) is 2.89. The first-order valence-electron chi connectivity index (χ1n) is 7.82. The fourth-order valence-electron chi connectivity index (χ4n) is 2.72. The van der Waals surface area contributed by atoms with E-state index in [1.54, 1.807) is 12.1 Å². The molecule has 0 aliphatic carbocycles. The molecule has 1 saturated heterocycles. The van der Waals surface area contributed by atoms with Crippen LogP contribution < -0.4 is 10.1 Å². The molecule has 2 aromatic rings. The third-order valence-electron chi connectivity index (χ3n) is 3.96. The molecule has 8 heteroatoms. The Balaban J connectivity index is 0.00000208. The predicted octanol–water partition coefficient (Wildman–Crippen LogP) is 2.39. The Labute approximate surface area is 146 Å². The molecule has 2 heterocycles. The Hall–Kier alpha value is -1.70. The summed E-state index contributed by atoms with van der Waals surface area (Å²) >= 11 is 0. The summed E-state index contributed by atoms with van der Waals surface area (Å²) in [6.07, 6.45) is 2.37. The quantitative estimate of drug-likeness (QED) is 0.857. The molecule has 1 unspecified atom stereocenters. The maximum absolute atomic E-state index is 12.8. The van der Waals surface area contributed by atoms with Crippen LogP contribution in [0.15, 0.2) is 28.8 Å². The van der Waals surface area contributed by atoms with Crippen LogP contribution in [-0.4, -0.2) is 41.2 Å². The van der Waals surface area contributed by atoms with Crippen molar-refractivity contribution < 1.29 is 13.7 Å². The molecule has 1 aromatic carbocycles. The molecule has 0 spiro atoms. The van der Waals surface area contributed by atoms with E-state index in [9.17, 15) is 4.39 Å². The zero-order chi connectivity index (χ0) is 16.1. The lowest BCUT2D eigenvalue weighted by molar-refractivity contribution is 0.167. The van der Waals surface area contributed by atoms with Crippen LogP contribution in [0.5, 0.6) is 5.75 Å². The van der Waals surface area contributed by atoms with Gasteiger partial charge in [0.25, 0.3) is 0 Å². The van der Waals surface area contributed by atoms with Gasteiger partial charge in [0.2, 0.25) is 11.7 Å². The highest BCUT2D eigenvalue weighted by Gasteiger charge is 2.20. The summed E-state index contributed by atoms with van der Waals surface area (Å²) in [5.74, 6) is 1.37. The van der Waals surface area contributed by atoms with Crippen molar-refractivity contribution >= 4 is 12.4 Å². The summed E-state index contributed by atoms with van der Waals surface area (Å²) in [5.41, 5.74) is 0. The van der Waals surface area contributed by atoms with Gasteiger partial charge in [-0.15, -0.1) is 12.4 Å². The van der Waals surface area contributed by atoms with Gasteiger partial charge in [0, 0.05) is 12.6 Å². The van der Waals surface area contributed by atoms with E-state index in [-0.39, 0.29) is 24.8 Å². The Morgan fingerprint density at radius 2 is 2.17 bits per heavy atom. The van der Waals surface area contributed by atoms with E-state index in [4.69, 9.17) is 9.26 Å². The Kier molecular flexibility index (Phi) is 6.96. The van der Waals surface area contributed by atoms with Crippen LogP contribution in [0.3, 0.4) is 0 Å². The van der Waals surface area contributed by atoms with E-state index >= 15 is 0 Å². The van der Waals surface area contributed by atoms with Crippen molar-refractivity contribution in [1.82, 2.24) is 20.4 Å². The Bertz CT molecular complexity index is 623. The maximum Gasteiger partial charge on any atom is 0.240 e. The minimum atomic E-state index is -0.291. The highest BCUT2D eigenvalue weighted by molar-refractivity contribution is 5.85. The van der Waals surface area contributed by atoms with E-state index in [0.717, 1.165) is 13.1 Å². The second-order valence-corrected chi connectivity index (χ2v) is 5.71. The topological polar surface area (TPSA) is 63.4 Å². The van der Waals surface area contributed by atoms with Crippen molar-refractivity contribution in [3.05, 3.63) is 41.8 Å². The highest BCUT2D eigenvalue weighted by Crippen LogP contribution is 2.14. The van der Waals surface area contributed by atoms with Gasteiger partial charge in [0.15, 0.2) is 6.61 Å². The number of benzene rings is 1. The number of piperidine rings is 1. The molecule has 3 rings (SSSR count). The van der Waals surface area contributed by atoms with E-state index in [0.29, 0.717) is 30.1 Å². The fraction of sp³-hybridized carbons (Fsp3) is 0.500. The molecule has 1 N–H and O–H groups in total. The lowest BCUT2D eigenvalue weighted by Crippen LogP contribution is -2.43. The third kappa shape index (κ3) is 5.15. The first kappa shape index (κ1) is 18.6. The van der Waals surface area contributed by atoms with Crippen molar-refractivity contribution in [2.24, 2.45) is 0 Å². The number of likely N-dealkylation sites (N-methyl/N-ethyl adjacent to an activating group) is 1. The average Bonchev–Trinajstić information content (AvgIpc) is 3.02. The van der Waals surface area contributed by atoms with Crippen LogP contribution in [0.1, 0.15) is 24.6 Å². The van der Waals surface area contributed by atoms with Gasteiger partial charge in [0.05, 0.1) is 6.54 Å². The van der Waals surface area contributed by atoms with Crippen molar-refractivity contribution in [3.63, 3.8) is 0 Å². The molecule has 6 nitrogen and oxygen atoms in total. The summed E-state index contributed by atoms with van der Waals surface area (Å²) in [6, 6.07) is 6.37. The van der Waals surface area contributed by atoms with Crippen molar-refractivity contribution in [1.29, 1.82) is 0 Å². The van der Waals surface area contributed by atoms with Crippen LogP contribution in [0.25, 0.3) is 0 Å². The van der Waals surface area contributed by atoms with Gasteiger partial charge >= 0.3 is 0 Å². The summed E-state index contributed by atoms with van der Waals surface area (Å²) in [7, 11) is 1.99. The van der Waals surface area contributed by atoms with Gasteiger partial charge < -0.3 is 14.6 Å². The van der Waals surface area contributed by atoms with Crippen LogP contribution >= 0.6 is 12.4 Å². The molecule has 132 valence electrons. The number of hydrogen-bond donors (Lipinski definition) is 1. The lowest BCUT2D eigenvalue weighted by atomic mass is 10.1. The number of nitrogens with zero attached hydrogens (tertiary/aromatic N) is 3. The number of rotatable bonds is 6. The average molecular weight is 357 g/mol. The number of nitrogens with one attached hydrogen (secondary N) is 1. The van der Waals surface area contributed by atoms with Gasteiger partial charge in [0.1, 0.15) is 11.6 Å². The second-order valence-electron chi connectivity index (χ2n) is 5.71. The van der Waals surface area contributed by atoms with Crippen molar-refractivity contribution in [2.45, 2.75) is 32.0 Å². The predicted molar refractivity (Wildman–Crippen MR) is 89.6 cm³/mol. The van der Waals surface area contributed by atoms with Crippen LogP contribution in [0, 0.1) is 5.82 Å². The second kappa shape index (κ2) is 8.96. The van der Waals surface area contributed by atoms with Gasteiger partial charge in [-0.05, 0) is 50.7 Å². The largest absolute Gasteiger partial charge is 0.485 e. The van der Waals surface area contributed by atoms with Gasteiger partial charge in [-0.2, -0.15) is 4.98 Å². The van der Waals surface area contributed by atoms with Gasteiger partial charge in [-0.3, -0.25) is 4.90 Å². The molecule has 1 aliphatic heterocycles. The van der Waals surface area contributed by atoms with Crippen LogP contribution in [0.4, 0.5) is 4.39 Å². The lowest BCUT2D eigenvalue weighted by Gasteiger charge is -2.31. The zero-order valence-electron chi connectivity index (χ0n) is 13.6. The molecule has 1 fully saturated rings. The molecule has 24 heavy (non-hydrogen) atoms. The SMILES string of the molecule is CNC1CCCN(Cc2nc(COc3ccc(F)cc3)no2)C1.Cl. The molecule has 0 amide bonds. The van der Waals surface area contributed by atoms with E-state index in [2.05, 4.69) is 20.4 Å². The number of ether oxygens (including phenoxy) is 1. The van der Waals surface area contributed by atoms with Crippen molar-refractivity contribution in [2.75, 3.05) is 20.1 Å². The smallest absolute Gasteiger partial charge is 0.240 e. The van der Waals surface area contributed by atoms with Crippen molar-refractivity contribution in [3.8, 4) is 5.75 Å². The molecule has 1 aromatic heterocycles. The number of aromatic nitrogens is 2. The summed E-state index contributed by atoms with van der Waals surface area (Å²) in [5, 5.41) is 7.24. The van der Waals surface area contributed by atoms with Gasteiger partial charge in [-0.25, -0.2) is 4.39 Å². The van der Waals surface area contributed by atoms with E-state index < -0.39 is 0 Å². The highest BCUT2D eigenvalue weighted by atomic mass is 35.5. The standard InChI is InChI=1S/C16H21FN4O2.ClH/c1-18-13-3-2-8-21(9-13)10-16-19-15(20-23-16)11-22-14-6-4-12(17)5-7-14;/h4-7,13,18H,2-3,8-11H2,1H3;1H. The first-order valence-corrected chi connectivity index (χ1v) is 7.82. The summed E-state index contributed by atoms with van der Waals surface area (Å²) < 4.78 is 23.6. The van der Waals surface area contributed by atoms with Crippen LogP contribution in [-0.2, 0) is 13.2 Å². The van der Waals surface area contributed by atoms with Gasteiger partial charge in [-0.1, -0.05) is 5.16 Å². The number of likely N-dealkylation sites (tertiary alicyclic amines) is 1. The first-order chi connectivity index (χ1) is 11.2.